The molecule has 0 radical (unpaired) electrons. The summed E-state index contributed by atoms with van der Waals surface area (Å²) in [5.74, 6) is 0.0290. The molecule has 2 aromatic carbocycles. The quantitative estimate of drug-likeness (QED) is 0.367. The summed E-state index contributed by atoms with van der Waals surface area (Å²) in [6.45, 7) is 0. The Hall–Kier alpha value is -2.16. The minimum absolute atomic E-state index is 0.113. The van der Waals surface area contributed by atoms with E-state index in [0.29, 0.717) is 9.13 Å². The normalized spacial score (nSPS) is 10.8. The topological polar surface area (TPSA) is 96.0 Å². The molecule has 20 heavy (non-hydrogen) atoms. The largest absolute Gasteiger partial charge is 0.507 e. The number of nitro benzene ring substituents is 1. The third-order valence-electron chi connectivity index (χ3n) is 2.49. The van der Waals surface area contributed by atoms with Crippen LogP contribution >= 0.6 is 22.6 Å². The lowest BCUT2D eigenvalue weighted by atomic mass is 10.2. The highest BCUT2D eigenvalue weighted by atomic mass is 127. The maximum atomic E-state index is 10.7. The van der Waals surface area contributed by atoms with Gasteiger partial charge in [0.2, 0.25) is 0 Å². The van der Waals surface area contributed by atoms with E-state index in [2.05, 4.69) is 4.99 Å². The Labute approximate surface area is 127 Å². The Kier molecular flexibility index (Phi) is 4.18. The van der Waals surface area contributed by atoms with Crippen LogP contribution in [-0.4, -0.2) is 21.4 Å². The van der Waals surface area contributed by atoms with E-state index in [1.165, 1.54) is 30.5 Å². The Morgan fingerprint density at radius 3 is 2.50 bits per heavy atom. The van der Waals surface area contributed by atoms with Crippen LogP contribution in [0.3, 0.4) is 0 Å². The average molecular weight is 384 g/mol. The van der Waals surface area contributed by atoms with Gasteiger partial charge in [-0.05, 0) is 52.4 Å². The molecule has 0 aromatic heterocycles. The number of hydrogen-bond donors (Lipinski definition) is 2. The predicted molar refractivity (Wildman–Crippen MR) is 82.8 cm³/mol. The molecule has 102 valence electrons. The van der Waals surface area contributed by atoms with Crippen LogP contribution < -0.4 is 0 Å². The average Bonchev–Trinajstić information content (AvgIpc) is 2.41. The van der Waals surface area contributed by atoms with Crippen LogP contribution in [-0.2, 0) is 0 Å². The molecule has 0 spiro atoms. The third-order valence-corrected chi connectivity index (χ3v) is 3.36. The number of aliphatic imine (C=N–C) groups is 1. The Bertz CT molecular complexity index is 701. The van der Waals surface area contributed by atoms with E-state index >= 15 is 0 Å². The first kappa shape index (κ1) is 14.3. The van der Waals surface area contributed by atoms with Crippen molar-refractivity contribution in [3.8, 4) is 11.5 Å². The predicted octanol–water partition coefficient (Wildman–Crippen LogP) is 3.36. The van der Waals surface area contributed by atoms with Crippen LogP contribution in [0.25, 0.3) is 0 Å². The Balaban J connectivity index is 2.33. The van der Waals surface area contributed by atoms with Gasteiger partial charge >= 0.3 is 0 Å². The van der Waals surface area contributed by atoms with Crippen LogP contribution in [0.2, 0.25) is 0 Å². The lowest BCUT2D eigenvalue weighted by Gasteiger charge is -2.00. The van der Waals surface area contributed by atoms with Gasteiger partial charge in [0, 0.05) is 18.3 Å². The van der Waals surface area contributed by atoms with Crippen molar-refractivity contribution in [2.75, 3.05) is 0 Å². The number of phenols is 2. The summed E-state index contributed by atoms with van der Waals surface area (Å²) in [6.07, 6.45) is 1.46. The van der Waals surface area contributed by atoms with E-state index < -0.39 is 4.92 Å². The highest BCUT2D eigenvalue weighted by molar-refractivity contribution is 14.1. The van der Waals surface area contributed by atoms with Crippen molar-refractivity contribution in [1.82, 2.24) is 0 Å². The Morgan fingerprint density at radius 2 is 1.85 bits per heavy atom. The van der Waals surface area contributed by atoms with E-state index in [0.717, 1.165) is 0 Å². The van der Waals surface area contributed by atoms with Crippen LogP contribution in [0, 0.1) is 13.7 Å². The minimum atomic E-state index is -0.554. The molecule has 0 fully saturated rings. The SMILES string of the molecule is O=[N+]([O-])c1ccc(O)c(N=Cc2ccc(O)c(I)c2)c1. The van der Waals surface area contributed by atoms with Crippen molar-refractivity contribution < 1.29 is 15.1 Å². The van der Waals surface area contributed by atoms with Gasteiger partial charge in [0.25, 0.3) is 5.69 Å². The zero-order valence-corrected chi connectivity index (χ0v) is 12.2. The minimum Gasteiger partial charge on any atom is -0.507 e. The maximum absolute atomic E-state index is 10.7. The monoisotopic (exact) mass is 384 g/mol. The van der Waals surface area contributed by atoms with Crippen molar-refractivity contribution in [3.63, 3.8) is 0 Å². The molecule has 0 atom stereocenters. The van der Waals surface area contributed by atoms with Gasteiger partial charge in [-0.2, -0.15) is 0 Å². The highest BCUT2D eigenvalue weighted by Crippen LogP contribution is 2.30. The van der Waals surface area contributed by atoms with Crippen molar-refractivity contribution in [1.29, 1.82) is 0 Å². The second-order valence-corrected chi connectivity index (χ2v) is 5.06. The zero-order chi connectivity index (χ0) is 14.7. The van der Waals surface area contributed by atoms with Crippen molar-refractivity contribution >= 4 is 40.2 Å². The first-order valence-electron chi connectivity index (χ1n) is 5.47. The van der Waals surface area contributed by atoms with Gasteiger partial charge in [0.15, 0.2) is 0 Å². The molecule has 0 bridgehead atoms. The van der Waals surface area contributed by atoms with Gasteiger partial charge < -0.3 is 10.2 Å². The summed E-state index contributed by atoms with van der Waals surface area (Å²) in [5, 5.41) is 29.7. The van der Waals surface area contributed by atoms with Crippen LogP contribution in [0.5, 0.6) is 11.5 Å². The molecule has 0 aliphatic carbocycles. The van der Waals surface area contributed by atoms with Gasteiger partial charge in [-0.15, -0.1) is 0 Å². The molecule has 6 nitrogen and oxygen atoms in total. The lowest BCUT2D eigenvalue weighted by Crippen LogP contribution is -1.87. The standard InChI is InChI=1S/C13H9IN2O4/c14-10-5-8(1-3-12(10)17)7-15-11-6-9(16(19)20)2-4-13(11)18/h1-7,17-18H. The van der Waals surface area contributed by atoms with E-state index in [1.54, 1.807) is 12.1 Å². The van der Waals surface area contributed by atoms with Gasteiger partial charge in [-0.1, -0.05) is 0 Å². The molecule has 0 aliphatic rings. The number of halogens is 1. The van der Waals surface area contributed by atoms with E-state index in [1.807, 2.05) is 22.6 Å². The van der Waals surface area contributed by atoms with Crippen molar-refractivity contribution in [2.45, 2.75) is 0 Å². The fourth-order valence-corrected chi connectivity index (χ4v) is 2.02. The molecule has 0 saturated heterocycles. The zero-order valence-electron chi connectivity index (χ0n) is 10.0. The van der Waals surface area contributed by atoms with E-state index in [9.17, 15) is 20.3 Å². The van der Waals surface area contributed by atoms with E-state index in [4.69, 9.17) is 0 Å². The molecule has 7 heteroatoms. The molecule has 2 aromatic rings. The number of rotatable bonds is 3. The molecule has 0 unspecified atom stereocenters. The third kappa shape index (κ3) is 3.23. The molecule has 0 saturated carbocycles. The number of non-ortho nitro benzene ring substituents is 1. The molecular weight excluding hydrogens is 375 g/mol. The fourth-order valence-electron chi connectivity index (χ4n) is 1.48. The number of aromatic hydroxyl groups is 2. The van der Waals surface area contributed by atoms with Crippen molar-refractivity contribution in [3.05, 3.63) is 55.6 Å². The van der Waals surface area contributed by atoms with Crippen LogP contribution in [0.4, 0.5) is 11.4 Å². The number of phenolic OH excluding ortho intramolecular Hbond substituents is 2. The highest BCUT2D eigenvalue weighted by Gasteiger charge is 2.09. The summed E-state index contributed by atoms with van der Waals surface area (Å²) in [5.41, 5.74) is 0.677. The van der Waals surface area contributed by atoms with Gasteiger partial charge in [0.05, 0.1) is 8.49 Å². The van der Waals surface area contributed by atoms with Crippen molar-refractivity contribution in [2.24, 2.45) is 4.99 Å². The Morgan fingerprint density at radius 1 is 1.15 bits per heavy atom. The summed E-state index contributed by atoms with van der Waals surface area (Å²) < 4.78 is 0.662. The fraction of sp³-hybridized carbons (Fsp3) is 0. The second-order valence-electron chi connectivity index (χ2n) is 3.90. The van der Waals surface area contributed by atoms with Gasteiger partial charge in [-0.25, -0.2) is 0 Å². The number of benzene rings is 2. The van der Waals surface area contributed by atoms with Crippen LogP contribution in [0.1, 0.15) is 5.56 Å². The summed E-state index contributed by atoms with van der Waals surface area (Å²) in [4.78, 5) is 14.1. The van der Waals surface area contributed by atoms with Gasteiger partial charge in [-0.3, -0.25) is 15.1 Å². The number of hydrogen-bond acceptors (Lipinski definition) is 5. The molecule has 0 amide bonds. The summed E-state index contributed by atoms with van der Waals surface area (Å²) >= 11 is 1.97. The first-order chi connectivity index (χ1) is 9.47. The van der Waals surface area contributed by atoms with E-state index in [-0.39, 0.29) is 22.9 Å². The van der Waals surface area contributed by atoms with Gasteiger partial charge in [0.1, 0.15) is 17.2 Å². The maximum Gasteiger partial charge on any atom is 0.271 e. The number of nitro groups is 1. The molecule has 2 rings (SSSR count). The molecule has 0 heterocycles. The number of nitrogens with zero attached hydrogens (tertiary/aromatic N) is 2. The molecule has 2 N–H and O–H groups in total. The molecule has 0 aliphatic heterocycles. The molecular formula is C13H9IN2O4. The first-order valence-corrected chi connectivity index (χ1v) is 6.55. The smallest absolute Gasteiger partial charge is 0.271 e. The lowest BCUT2D eigenvalue weighted by molar-refractivity contribution is -0.384. The van der Waals surface area contributed by atoms with Crippen LogP contribution in [0.15, 0.2) is 41.4 Å². The summed E-state index contributed by atoms with van der Waals surface area (Å²) in [6, 6.07) is 8.50. The summed E-state index contributed by atoms with van der Waals surface area (Å²) in [7, 11) is 0. The second kappa shape index (κ2) is 5.87.